The van der Waals surface area contributed by atoms with Crippen molar-refractivity contribution in [1.82, 2.24) is 0 Å². The molecule has 218 valence electrons. The molecule has 0 unspecified atom stereocenters. The monoisotopic (exact) mass is 564 g/mol. The van der Waals surface area contributed by atoms with Gasteiger partial charge in [0.25, 0.3) is 0 Å². The van der Waals surface area contributed by atoms with Gasteiger partial charge in [-0.1, -0.05) is 121 Å². The molecule has 0 spiro atoms. The Bertz CT molecular complexity index is 1200. The molecule has 0 heterocycles. The molecule has 0 saturated carbocycles. The van der Waals surface area contributed by atoms with Crippen LogP contribution in [0.1, 0.15) is 93.5 Å². The van der Waals surface area contributed by atoms with Crippen LogP contribution in [0.15, 0.2) is 54.6 Å². The molecule has 40 heavy (non-hydrogen) atoms. The van der Waals surface area contributed by atoms with Crippen molar-refractivity contribution in [3.8, 4) is 11.5 Å². The summed E-state index contributed by atoms with van der Waals surface area (Å²) in [5.41, 5.74) is 1.50. The Morgan fingerprint density at radius 1 is 0.750 bits per heavy atom. The van der Waals surface area contributed by atoms with Gasteiger partial charge in [0.1, 0.15) is 5.75 Å². The fourth-order valence-electron chi connectivity index (χ4n) is 5.00. The second-order valence-corrected chi connectivity index (χ2v) is 17.9. The number of benzene rings is 3. The fraction of sp³-hybridized carbons (Fsp3) is 0.514. The van der Waals surface area contributed by atoms with Gasteiger partial charge in [0.2, 0.25) is 0 Å². The first-order chi connectivity index (χ1) is 19.2. The topological polar surface area (TPSA) is 35.5 Å². The summed E-state index contributed by atoms with van der Waals surface area (Å²) in [7, 11) is -1.02. The molecule has 3 nitrogen and oxygen atoms in total. The van der Waals surface area contributed by atoms with E-state index in [1.807, 2.05) is 12.1 Å². The van der Waals surface area contributed by atoms with Crippen LogP contribution in [-0.2, 0) is 6.42 Å². The lowest BCUT2D eigenvalue weighted by molar-refractivity contribution is 0.0734. The van der Waals surface area contributed by atoms with E-state index in [1.54, 1.807) is 12.1 Å². The molecule has 5 heteroatoms. The molecule has 0 aromatic heterocycles. The van der Waals surface area contributed by atoms with Crippen LogP contribution in [0, 0.1) is 5.82 Å². The molecule has 0 aliphatic rings. The van der Waals surface area contributed by atoms with E-state index in [4.69, 9.17) is 9.47 Å². The minimum atomic E-state index is -1.02. The quantitative estimate of drug-likeness (QED) is 0.0667. The van der Waals surface area contributed by atoms with E-state index in [0.29, 0.717) is 12.4 Å². The van der Waals surface area contributed by atoms with Gasteiger partial charge in [-0.05, 0) is 59.5 Å². The van der Waals surface area contributed by atoms with Gasteiger partial charge in [-0.25, -0.2) is 9.18 Å². The maximum absolute atomic E-state index is 14.6. The molecule has 0 atom stereocenters. The van der Waals surface area contributed by atoms with E-state index in [-0.39, 0.29) is 11.3 Å². The Morgan fingerprint density at radius 3 is 2.08 bits per heavy atom. The summed E-state index contributed by atoms with van der Waals surface area (Å²) in [6.07, 6.45) is 14.7. The number of halogens is 1. The third-order valence-electron chi connectivity index (χ3n) is 7.40. The largest absolute Gasteiger partial charge is 0.491 e. The zero-order valence-corrected chi connectivity index (χ0v) is 26.2. The summed E-state index contributed by atoms with van der Waals surface area (Å²) in [6, 6.07) is 17.7. The average Bonchev–Trinajstić information content (AvgIpc) is 2.91. The predicted molar refractivity (Wildman–Crippen MR) is 169 cm³/mol. The third-order valence-corrected chi connectivity index (χ3v) is 9.26. The molecule has 0 amide bonds. The molecular weight excluding hydrogens is 515 g/mol. The number of carbonyl (C=O) groups excluding carboxylic acids is 1. The Labute approximate surface area is 242 Å². The van der Waals surface area contributed by atoms with E-state index in [1.165, 1.54) is 81.5 Å². The van der Waals surface area contributed by atoms with Crippen molar-refractivity contribution < 1.29 is 18.7 Å². The van der Waals surface area contributed by atoms with E-state index in [0.717, 1.165) is 30.0 Å². The smallest absolute Gasteiger partial charge is 0.343 e. The summed E-state index contributed by atoms with van der Waals surface area (Å²) in [5, 5.41) is 2.14. The van der Waals surface area contributed by atoms with Gasteiger partial charge in [-0.3, -0.25) is 0 Å². The highest BCUT2D eigenvalue weighted by Gasteiger charge is 2.14. The van der Waals surface area contributed by atoms with E-state index in [2.05, 4.69) is 44.8 Å². The highest BCUT2D eigenvalue weighted by atomic mass is 28.3. The lowest BCUT2D eigenvalue weighted by Crippen LogP contribution is -2.18. The molecule has 0 aliphatic heterocycles. The van der Waals surface area contributed by atoms with Crippen molar-refractivity contribution >= 4 is 24.8 Å². The van der Waals surface area contributed by atoms with Crippen molar-refractivity contribution in [3.05, 3.63) is 71.5 Å². The molecule has 0 aliphatic carbocycles. The van der Waals surface area contributed by atoms with E-state index in [9.17, 15) is 9.18 Å². The van der Waals surface area contributed by atoms with Crippen molar-refractivity contribution in [2.75, 3.05) is 6.61 Å². The Balaban J connectivity index is 1.42. The zero-order chi connectivity index (χ0) is 28.8. The molecule has 0 N–H and O–H groups in total. The number of aryl methyl sites for hydroxylation is 1. The summed E-state index contributed by atoms with van der Waals surface area (Å²) in [4.78, 5) is 12.7. The van der Waals surface area contributed by atoms with Crippen LogP contribution in [0.4, 0.5) is 4.39 Å². The first-order valence-corrected chi connectivity index (χ1v) is 19.1. The van der Waals surface area contributed by atoms with Crippen LogP contribution in [0.5, 0.6) is 11.5 Å². The number of hydrogen-bond donors (Lipinski definition) is 0. The Kier molecular flexibility index (Phi) is 13.2. The van der Waals surface area contributed by atoms with Crippen molar-refractivity contribution in [2.45, 2.75) is 110 Å². The van der Waals surface area contributed by atoms with Gasteiger partial charge in [-0.15, -0.1) is 0 Å². The van der Waals surface area contributed by atoms with Crippen molar-refractivity contribution in [1.29, 1.82) is 0 Å². The molecule has 3 rings (SSSR count). The van der Waals surface area contributed by atoms with Gasteiger partial charge in [0, 0.05) is 8.07 Å². The molecule has 3 aromatic carbocycles. The number of hydrogen-bond acceptors (Lipinski definition) is 3. The van der Waals surface area contributed by atoms with E-state index < -0.39 is 19.9 Å². The average molecular weight is 565 g/mol. The molecule has 0 radical (unpaired) electrons. The minimum Gasteiger partial charge on any atom is -0.491 e. The fourth-order valence-corrected chi connectivity index (χ4v) is 6.24. The Morgan fingerprint density at radius 2 is 1.40 bits per heavy atom. The number of carbonyl (C=O) groups is 1. The summed E-state index contributed by atoms with van der Waals surface area (Å²) in [6.45, 7) is 9.95. The van der Waals surface area contributed by atoms with Crippen molar-refractivity contribution in [2.24, 2.45) is 0 Å². The van der Waals surface area contributed by atoms with Gasteiger partial charge >= 0.3 is 5.97 Å². The maximum Gasteiger partial charge on any atom is 0.343 e. The highest BCUT2D eigenvalue weighted by Crippen LogP contribution is 2.25. The van der Waals surface area contributed by atoms with Crippen molar-refractivity contribution in [3.63, 3.8) is 0 Å². The zero-order valence-electron chi connectivity index (χ0n) is 25.2. The van der Waals surface area contributed by atoms with E-state index >= 15 is 0 Å². The van der Waals surface area contributed by atoms with Crippen LogP contribution in [0.3, 0.4) is 0 Å². The molecule has 0 saturated heterocycles. The first kappa shape index (κ1) is 31.9. The predicted octanol–water partition coefficient (Wildman–Crippen LogP) is 10.8. The second kappa shape index (κ2) is 16.6. The number of unbranched alkanes of at least 4 members (excludes halogenated alkanes) is 9. The SMILES string of the molecule is CCCCCCCCCCCCOc1ccc(C(=O)Oc2ccc3cc(CCC[Si](C)(C)C)ccc3c2)cc1F. The minimum absolute atomic E-state index is 0.168. The lowest BCUT2D eigenvalue weighted by Gasteiger charge is -2.15. The van der Waals surface area contributed by atoms with Crippen LogP contribution in [0.25, 0.3) is 10.8 Å². The van der Waals surface area contributed by atoms with Crippen LogP contribution >= 0.6 is 0 Å². The molecule has 0 fully saturated rings. The maximum atomic E-state index is 14.6. The standard InChI is InChI=1S/C35H49FO3Si/c1-5-6-7-8-9-10-11-12-13-14-23-38-34-22-20-31(27-33(34)36)35(37)39-32-21-19-29-25-28(17-18-30(29)26-32)16-15-24-40(2,3)4/h17-22,25-27H,5-16,23-24H2,1-4H3. The molecule has 0 bridgehead atoms. The molecule has 3 aromatic rings. The lowest BCUT2D eigenvalue weighted by atomic mass is 10.0. The molecular formula is C35H49FO3Si. The number of rotatable bonds is 18. The second-order valence-electron chi connectivity index (χ2n) is 12.3. The van der Waals surface area contributed by atoms with Gasteiger partial charge in [0.05, 0.1) is 12.2 Å². The van der Waals surface area contributed by atoms with Crippen LogP contribution in [-0.4, -0.2) is 20.7 Å². The number of esters is 1. The van der Waals surface area contributed by atoms with Gasteiger partial charge in [-0.2, -0.15) is 0 Å². The number of fused-ring (bicyclic) bond motifs is 1. The Hall–Kier alpha value is -2.66. The van der Waals surface area contributed by atoms with Gasteiger partial charge < -0.3 is 9.47 Å². The highest BCUT2D eigenvalue weighted by molar-refractivity contribution is 6.76. The normalized spacial score (nSPS) is 11.6. The van der Waals surface area contributed by atoms with Crippen LogP contribution < -0.4 is 9.47 Å². The first-order valence-electron chi connectivity index (χ1n) is 15.4. The number of ether oxygens (including phenoxy) is 2. The third kappa shape index (κ3) is 11.4. The van der Waals surface area contributed by atoms with Crippen LogP contribution in [0.2, 0.25) is 25.7 Å². The van der Waals surface area contributed by atoms with Gasteiger partial charge in [0.15, 0.2) is 11.6 Å². The summed E-state index contributed by atoms with van der Waals surface area (Å²) < 4.78 is 25.8. The summed E-state index contributed by atoms with van der Waals surface area (Å²) in [5.74, 6) is -0.492. The summed E-state index contributed by atoms with van der Waals surface area (Å²) >= 11 is 0.